The summed E-state index contributed by atoms with van der Waals surface area (Å²) in [6.07, 6.45) is 1.07. The third kappa shape index (κ3) is 6.15. The predicted molar refractivity (Wildman–Crippen MR) is 67.4 cm³/mol. The van der Waals surface area contributed by atoms with Gasteiger partial charge in [-0.15, -0.1) is 0 Å². The molecule has 0 radical (unpaired) electrons. The van der Waals surface area contributed by atoms with Crippen molar-refractivity contribution < 1.29 is 28.6 Å². The van der Waals surface area contributed by atoms with Gasteiger partial charge in [0.2, 0.25) is 0 Å². The van der Waals surface area contributed by atoms with Crippen LogP contribution in [0, 0.1) is 5.92 Å². The van der Waals surface area contributed by atoms with Gasteiger partial charge < -0.3 is 14.2 Å². The SMILES string of the molecule is COC(=O)/C=C/[C@H](OC(C)=O)[C@@H](C)[C@@H](OC)C(C)=O. The van der Waals surface area contributed by atoms with Crippen LogP contribution in [-0.4, -0.2) is 44.1 Å². The molecule has 0 fully saturated rings. The van der Waals surface area contributed by atoms with Gasteiger partial charge in [0.05, 0.1) is 7.11 Å². The minimum atomic E-state index is -0.745. The fraction of sp³-hybridized carbons (Fsp3) is 0.615. The Labute approximate surface area is 112 Å². The van der Waals surface area contributed by atoms with Crippen LogP contribution in [0.4, 0.5) is 0 Å². The van der Waals surface area contributed by atoms with Crippen LogP contribution >= 0.6 is 0 Å². The lowest BCUT2D eigenvalue weighted by molar-refractivity contribution is -0.151. The van der Waals surface area contributed by atoms with Gasteiger partial charge in [-0.05, 0) is 13.0 Å². The third-order valence-corrected chi connectivity index (χ3v) is 2.58. The zero-order chi connectivity index (χ0) is 15.0. The average Bonchev–Trinajstić information content (AvgIpc) is 2.33. The molecule has 19 heavy (non-hydrogen) atoms. The highest BCUT2D eigenvalue weighted by Crippen LogP contribution is 2.17. The van der Waals surface area contributed by atoms with Crippen molar-refractivity contribution in [1.29, 1.82) is 0 Å². The van der Waals surface area contributed by atoms with Crippen molar-refractivity contribution in [2.75, 3.05) is 14.2 Å². The van der Waals surface area contributed by atoms with E-state index in [1.165, 1.54) is 34.1 Å². The molecule has 0 heterocycles. The number of hydrogen-bond donors (Lipinski definition) is 0. The molecule has 0 saturated heterocycles. The Morgan fingerprint density at radius 2 is 1.68 bits per heavy atom. The van der Waals surface area contributed by atoms with Crippen molar-refractivity contribution in [3.63, 3.8) is 0 Å². The van der Waals surface area contributed by atoms with Crippen LogP contribution in [-0.2, 0) is 28.6 Å². The van der Waals surface area contributed by atoms with Crippen LogP contribution in [0.2, 0.25) is 0 Å². The summed E-state index contributed by atoms with van der Waals surface area (Å²) < 4.78 is 14.6. The summed E-state index contributed by atoms with van der Waals surface area (Å²) in [4.78, 5) is 33.5. The van der Waals surface area contributed by atoms with Crippen LogP contribution in [0.3, 0.4) is 0 Å². The minimum absolute atomic E-state index is 0.182. The van der Waals surface area contributed by atoms with Crippen LogP contribution in [0.15, 0.2) is 12.2 Å². The smallest absolute Gasteiger partial charge is 0.330 e. The molecule has 0 rings (SSSR count). The Kier molecular flexibility index (Phi) is 7.67. The largest absolute Gasteiger partial charge is 0.466 e. The predicted octanol–water partition coefficient (Wildman–Crippen LogP) is 0.887. The fourth-order valence-electron chi connectivity index (χ4n) is 1.68. The maximum absolute atomic E-state index is 11.4. The fourth-order valence-corrected chi connectivity index (χ4v) is 1.68. The highest BCUT2D eigenvalue weighted by atomic mass is 16.5. The molecule has 0 bridgehead atoms. The number of rotatable bonds is 7. The van der Waals surface area contributed by atoms with Gasteiger partial charge in [-0.2, -0.15) is 0 Å². The number of ether oxygens (including phenoxy) is 3. The van der Waals surface area contributed by atoms with Gasteiger partial charge >= 0.3 is 11.9 Å². The third-order valence-electron chi connectivity index (χ3n) is 2.58. The summed E-state index contributed by atoms with van der Waals surface area (Å²) in [6.45, 7) is 4.34. The second-order valence-electron chi connectivity index (χ2n) is 4.08. The Morgan fingerprint density at radius 1 is 1.11 bits per heavy atom. The van der Waals surface area contributed by atoms with E-state index in [-0.39, 0.29) is 5.78 Å². The quantitative estimate of drug-likeness (QED) is 0.506. The summed E-state index contributed by atoms with van der Waals surface area (Å²) in [5.74, 6) is -1.68. The molecule has 0 aliphatic heterocycles. The van der Waals surface area contributed by atoms with Gasteiger partial charge in [0, 0.05) is 26.0 Å². The molecular weight excluding hydrogens is 252 g/mol. The van der Waals surface area contributed by atoms with Crippen LogP contribution < -0.4 is 0 Å². The second-order valence-corrected chi connectivity index (χ2v) is 4.08. The molecular formula is C13H20O6. The highest BCUT2D eigenvalue weighted by molar-refractivity contribution is 5.82. The van der Waals surface area contributed by atoms with Gasteiger partial charge in [0.15, 0.2) is 5.78 Å². The minimum Gasteiger partial charge on any atom is -0.466 e. The van der Waals surface area contributed by atoms with Gasteiger partial charge in [0.25, 0.3) is 0 Å². The maximum atomic E-state index is 11.4. The first-order valence-corrected chi connectivity index (χ1v) is 5.80. The lowest BCUT2D eigenvalue weighted by atomic mass is 9.94. The van der Waals surface area contributed by atoms with E-state index in [4.69, 9.17) is 9.47 Å². The van der Waals surface area contributed by atoms with Crippen LogP contribution in [0.1, 0.15) is 20.8 Å². The summed E-state index contributed by atoms with van der Waals surface area (Å²) >= 11 is 0. The summed E-state index contributed by atoms with van der Waals surface area (Å²) in [5.41, 5.74) is 0. The van der Waals surface area contributed by atoms with Crippen LogP contribution in [0.25, 0.3) is 0 Å². The molecule has 0 aromatic carbocycles. The van der Waals surface area contributed by atoms with E-state index in [9.17, 15) is 14.4 Å². The van der Waals surface area contributed by atoms with Crippen molar-refractivity contribution in [3.05, 3.63) is 12.2 Å². The Morgan fingerprint density at radius 3 is 2.05 bits per heavy atom. The molecule has 0 saturated carbocycles. The monoisotopic (exact) mass is 272 g/mol. The summed E-state index contributed by atoms with van der Waals surface area (Å²) in [5, 5.41) is 0. The van der Waals surface area contributed by atoms with Crippen molar-refractivity contribution >= 4 is 17.7 Å². The number of esters is 2. The van der Waals surface area contributed by atoms with Gasteiger partial charge in [-0.1, -0.05) is 6.92 Å². The second kappa shape index (κ2) is 8.42. The molecule has 0 aromatic heterocycles. The first-order chi connectivity index (χ1) is 8.83. The average molecular weight is 272 g/mol. The number of hydrogen-bond acceptors (Lipinski definition) is 6. The Bertz CT molecular complexity index is 360. The van der Waals surface area contributed by atoms with E-state index >= 15 is 0 Å². The molecule has 0 amide bonds. The van der Waals surface area contributed by atoms with Crippen molar-refractivity contribution in [2.24, 2.45) is 5.92 Å². The van der Waals surface area contributed by atoms with Crippen molar-refractivity contribution in [3.8, 4) is 0 Å². The van der Waals surface area contributed by atoms with Crippen LogP contribution in [0.5, 0.6) is 0 Å². The lowest BCUT2D eigenvalue weighted by Gasteiger charge is -2.26. The van der Waals surface area contributed by atoms with Gasteiger partial charge in [-0.3, -0.25) is 9.59 Å². The maximum Gasteiger partial charge on any atom is 0.330 e. The number of carbonyl (C=O) groups is 3. The molecule has 0 N–H and O–H groups in total. The zero-order valence-corrected chi connectivity index (χ0v) is 11.8. The first kappa shape index (κ1) is 17.3. The molecule has 108 valence electrons. The highest BCUT2D eigenvalue weighted by Gasteiger charge is 2.29. The standard InChI is InChI=1S/C13H20O6/c1-8(13(18-5)9(2)14)11(19-10(3)15)6-7-12(16)17-4/h6-8,11,13H,1-5H3/b7-6+/t8-,11+,13-/m1/s1. The van der Waals surface area contributed by atoms with Crippen molar-refractivity contribution in [2.45, 2.75) is 33.0 Å². The molecule has 3 atom stereocenters. The van der Waals surface area contributed by atoms with Gasteiger partial charge in [-0.25, -0.2) is 4.79 Å². The number of Topliss-reactive ketones (excluding diaryl/α,β-unsaturated/α-hetero) is 1. The zero-order valence-electron chi connectivity index (χ0n) is 11.8. The van der Waals surface area contributed by atoms with Crippen molar-refractivity contribution in [1.82, 2.24) is 0 Å². The molecule has 6 nitrogen and oxygen atoms in total. The normalized spacial score (nSPS) is 15.6. The Balaban J connectivity index is 5.01. The molecule has 0 spiro atoms. The van der Waals surface area contributed by atoms with Gasteiger partial charge in [0.1, 0.15) is 12.2 Å². The van der Waals surface area contributed by atoms with E-state index in [2.05, 4.69) is 4.74 Å². The van der Waals surface area contributed by atoms with E-state index in [0.717, 1.165) is 6.08 Å². The number of carbonyl (C=O) groups excluding carboxylic acids is 3. The van der Waals surface area contributed by atoms with E-state index in [1.54, 1.807) is 6.92 Å². The summed E-state index contributed by atoms with van der Waals surface area (Å²) in [7, 11) is 2.64. The molecule has 0 aliphatic carbocycles. The molecule has 0 aromatic rings. The van der Waals surface area contributed by atoms with E-state index in [0.29, 0.717) is 0 Å². The molecule has 0 aliphatic rings. The Hall–Kier alpha value is -1.69. The lowest BCUT2D eigenvalue weighted by Crippen LogP contribution is -2.37. The van der Waals surface area contributed by atoms with E-state index in [1.807, 2.05) is 0 Å². The number of methoxy groups -OCH3 is 2. The first-order valence-electron chi connectivity index (χ1n) is 5.80. The number of ketones is 1. The topological polar surface area (TPSA) is 78.9 Å². The molecule has 6 heteroatoms. The molecule has 0 unspecified atom stereocenters. The van der Waals surface area contributed by atoms with E-state index < -0.39 is 30.1 Å². The summed E-state index contributed by atoms with van der Waals surface area (Å²) in [6, 6.07) is 0.